The molecule has 2 rings (SSSR count). The van der Waals surface area contributed by atoms with Crippen molar-refractivity contribution in [3.8, 4) is 5.75 Å². The van der Waals surface area contributed by atoms with Crippen molar-refractivity contribution in [2.24, 2.45) is 0 Å². The number of carboxylic acid groups (broad SMARTS) is 1. The van der Waals surface area contributed by atoms with E-state index in [-0.39, 0.29) is 6.10 Å². The molecule has 4 nitrogen and oxygen atoms in total. The topological polar surface area (TPSA) is 58.6 Å². The van der Waals surface area contributed by atoms with Crippen molar-refractivity contribution in [1.82, 2.24) is 5.32 Å². The molecule has 0 amide bonds. The van der Waals surface area contributed by atoms with Crippen molar-refractivity contribution in [1.29, 1.82) is 0 Å². The summed E-state index contributed by atoms with van der Waals surface area (Å²) in [6.45, 7) is 2.78. The number of benzene rings is 1. The van der Waals surface area contributed by atoms with Crippen molar-refractivity contribution in [3.05, 3.63) is 28.8 Å². The third kappa shape index (κ3) is 5.99. The first kappa shape index (κ1) is 19.1. The van der Waals surface area contributed by atoms with Crippen LogP contribution in [-0.2, 0) is 11.2 Å². The molecular formula is C19H28ClNO3. The average molecular weight is 354 g/mol. The Kier molecular flexibility index (Phi) is 7.86. The van der Waals surface area contributed by atoms with E-state index in [1.807, 2.05) is 18.2 Å². The molecule has 1 fully saturated rings. The molecule has 134 valence electrons. The highest BCUT2D eigenvalue weighted by Crippen LogP contribution is 2.26. The maximum absolute atomic E-state index is 10.9. The first-order valence-corrected chi connectivity index (χ1v) is 9.39. The molecule has 1 aliphatic rings. The van der Waals surface area contributed by atoms with E-state index in [1.165, 1.54) is 32.1 Å². The van der Waals surface area contributed by atoms with Crippen LogP contribution in [0.3, 0.4) is 0 Å². The van der Waals surface area contributed by atoms with E-state index in [9.17, 15) is 4.79 Å². The van der Waals surface area contributed by atoms with Gasteiger partial charge in [-0.2, -0.15) is 0 Å². The van der Waals surface area contributed by atoms with Gasteiger partial charge in [-0.3, -0.25) is 4.79 Å². The van der Waals surface area contributed by atoms with Crippen LogP contribution in [0.5, 0.6) is 5.75 Å². The number of ether oxygens (including phenoxy) is 1. The van der Waals surface area contributed by atoms with E-state index in [1.54, 1.807) is 0 Å². The van der Waals surface area contributed by atoms with Gasteiger partial charge in [0.05, 0.1) is 0 Å². The molecule has 5 heteroatoms. The van der Waals surface area contributed by atoms with Crippen molar-refractivity contribution < 1.29 is 14.6 Å². The van der Waals surface area contributed by atoms with Gasteiger partial charge in [0.2, 0.25) is 0 Å². The molecule has 0 bridgehead atoms. The summed E-state index contributed by atoms with van der Waals surface area (Å²) in [6.07, 6.45) is 8.99. The minimum atomic E-state index is -0.826. The monoisotopic (exact) mass is 353 g/mol. The summed E-state index contributed by atoms with van der Waals surface area (Å²) in [5.41, 5.74) is 1.16. The quantitative estimate of drug-likeness (QED) is 0.610. The van der Waals surface area contributed by atoms with Crippen molar-refractivity contribution in [2.45, 2.75) is 70.4 Å². The number of halogens is 1. The fourth-order valence-corrected chi connectivity index (χ4v) is 3.34. The van der Waals surface area contributed by atoms with Gasteiger partial charge in [-0.1, -0.05) is 56.7 Å². The molecule has 1 heterocycles. The molecule has 1 unspecified atom stereocenters. The number of carbonyl (C=O) groups is 1. The maximum atomic E-state index is 10.9. The Bertz CT molecular complexity index is 535. The number of hydrogen-bond donors (Lipinski definition) is 2. The second kappa shape index (κ2) is 9.90. The number of hydrogen-bond acceptors (Lipinski definition) is 3. The van der Waals surface area contributed by atoms with Crippen LogP contribution in [0.2, 0.25) is 5.02 Å². The average Bonchev–Trinajstić information content (AvgIpc) is 3.01. The number of aryl methyl sites for hydroxylation is 1. The van der Waals surface area contributed by atoms with Crippen LogP contribution in [0.4, 0.5) is 0 Å². The molecule has 1 saturated heterocycles. The second-order valence-corrected chi connectivity index (χ2v) is 6.95. The van der Waals surface area contributed by atoms with Crippen LogP contribution >= 0.6 is 11.6 Å². The molecule has 1 aromatic rings. The third-order valence-corrected chi connectivity index (χ3v) is 4.87. The lowest BCUT2D eigenvalue weighted by Crippen LogP contribution is -2.30. The number of nitrogens with one attached hydrogen (secondary N) is 1. The van der Waals surface area contributed by atoms with E-state index < -0.39 is 12.0 Å². The zero-order chi connectivity index (χ0) is 17.4. The van der Waals surface area contributed by atoms with Crippen LogP contribution in [0.1, 0.15) is 57.4 Å². The van der Waals surface area contributed by atoms with Gasteiger partial charge in [-0.05, 0) is 30.5 Å². The lowest BCUT2D eigenvalue weighted by atomic mass is 10.0. The summed E-state index contributed by atoms with van der Waals surface area (Å²) in [7, 11) is 0. The van der Waals surface area contributed by atoms with Crippen molar-refractivity contribution in [3.63, 3.8) is 0 Å². The van der Waals surface area contributed by atoms with Crippen molar-refractivity contribution in [2.75, 3.05) is 6.54 Å². The summed E-state index contributed by atoms with van der Waals surface area (Å²) < 4.78 is 5.85. The predicted molar refractivity (Wildman–Crippen MR) is 97.0 cm³/mol. The van der Waals surface area contributed by atoms with E-state index in [0.29, 0.717) is 18.7 Å². The summed E-state index contributed by atoms with van der Waals surface area (Å²) in [5, 5.41) is 12.7. The maximum Gasteiger partial charge on any atom is 0.320 e. The van der Waals surface area contributed by atoms with Crippen LogP contribution in [0.25, 0.3) is 0 Å². The summed E-state index contributed by atoms with van der Waals surface area (Å²) in [6, 6.07) is 5.30. The first-order valence-electron chi connectivity index (χ1n) is 9.01. The molecule has 0 aliphatic carbocycles. The summed E-state index contributed by atoms with van der Waals surface area (Å²) in [4.78, 5) is 10.9. The van der Waals surface area contributed by atoms with Gasteiger partial charge in [0.15, 0.2) is 0 Å². The van der Waals surface area contributed by atoms with E-state index >= 15 is 0 Å². The smallest absolute Gasteiger partial charge is 0.320 e. The van der Waals surface area contributed by atoms with E-state index in [0.717, 1.165) is 23.4 Å². The lowest BCUT2D eigenvalue weighted by molar-refractivity contribution is -0.139. The Labute approximate surface area is 149 Å². The molecule has 1 aliphatic heterocycles. The fraction of sp³-hybridized carbons (Fsp3) is 0.632. The SMILES string of the molecule is CCCCCCCCc1ccc(OC2CN[C@H](C(=O)O)C2)cc1Cl. The molecule has 2 N–H and O–H groups in total. The van der Waals surface area contributed by atoms with Crippen LogP contribution in [0.15, 0.2) is 18.2 Å². The lowest BCUT2D eigenvalue weighted by Gasteiger charge is -2.14. The minimum Gasteiger partial charge on any atom is -0.489 e. The van der Waals surface area contributed by atoms with Gasteiger partial charge in [0.1, 0.15) is 17.9 Å². The standard InChI is InChI=1S/C19H28ClNO3/c1-2-3-4-5-6-7-8-14-9-10-15(11-17(14)20)24-16-12-18(19(22)23)21-13-16/h9-11,16,18,21H,2-8,12-13H2,1H3,(H,22,23)/t16?,18-/m0/s1. The fourth-order valence-electron chi connectivity index (χ4n) is 3.07. The molecule has 1 aromatic carbocycles. The van der Waals surface area contributed by atoms with Gasteiger partial charge in [0.25, 0.3) is 0 Å². The molecule has 2 atom stereocenters. The Morgan fingerprint density at radius 3 is 2.71 bits per heavy atom. The largest absolute Gasteiger partial charge is 0.489 e. The Balaban J connectivity index is 1.76. The molecular weight excluding hydrogens is 326 g/mol. The van der Waals surface area contributed by atoms with Crippen LogP contribution in [0, 0.1) is 0 Å². The Hall–Kier alpha value is -1.26. The number of carboxylic acids is 1. The highest BCUT2D eigenvalue weighted by molar-refractivity contribution is 6.31. The third-order valence-electron chi connectivity index (χ3n) is 4.52. The zero-order valence-electron chi connectivity index (χ0n) is 14.4. The summed E-state index contributed by atoms with van der Waals surface area (Å²) >= 11 is 6.37. The number of rotatable bonds is 10. The highest BCUT2D eigenvalue weighted by atomic mass is 35.5. The second-order valence-electron chi connectivity index (χ2n) is 6.55. The first-order chi connectivity index (χ1) is 11.6. The van der Waals surface area contributed by atoms with Crippen LogP contribution in [-0.4, -0.2) is 29.8 Å². The van der Waals surface area contributed by atoms with Crippen LogP contribution < -0.4 is 10.1 Å². The van der Waals surface area contributed by atoms with Gasteiger partial charge >= 0.3 is 5.97 Å². The van der Waals surface area contributed by atoms with Gasteiger partial charge in [-0.25, -0.2) is 0 Å². The Morgan fingerprint density at radius 2 is 2.04 bits per heavy atom. The van der Waals surface area contributed by atoms with Gasteiger partial charge in [0, 0.05) is 18.0 Å². The highest BCUT2D eigenvalue weighted by Gasteiger charge is 2.30. The van der Waals surface area contributed by atoms with Crippen molar-refractivity contribution >= 4 is 17.6 Å². The van der Waals surface area contributed by atoms with E-state index in [2.05, 4.69) is 12.2 Å². The number of unbranched alkanes of at least 4 members (excludes halogenated alkanes) is 5. The van der Waals surface area contributed by atoms with Gasteiger partial charge in [-0.15, -0.1) is 0 Å². The molecule has 0 radical (unpaired) electrons. The summed E-state index contributed by atoms with van der Waals surface area (Å²) in [5.74, 6) is -0.113. The molecule has 0 spiro atoms. The number of aliphatic carboxylic acids is 1. The molecule has 0 aromatic heterocycles. The normalized spacial score (nSPS) is 20.2. The van der Waals surface area contributed by atoms with E-state index in [4.69, 9.17) is 21.4 Å². The predicted octanol–water partition coefficient (Wildman–Crippen LogP) is 4.44. The van der Waals surface area contributed by atoms with Gasteiger partial charge < -0.3 is 15.2 Å². The molecule has 24 heavy (non-hydrogen) atoms. The Morgan fingerprint density at radius 1 is 1.29 bits per heavy atom. The minimum absolute atomic E-state index is 0.119. The molecule has 0 saturated carbocycles. The zero-order valence-corrected chi connectivity index (χ0v) is 15.1.